The van der Waals surface area contributed by atoms with Crippen LogP contribution >= 0.6 is 0 Å². The summed E-state index contributed by atoms with van der Waals surface area (Å²) >= 11 is 0. The van der Waals surface area contributed by atoms with E-state index in [0.717, 1.165) is 31.3 Å². The quantitative estimate of drug-likeness (QED) is 0.657. The lowest BCUT2D eigenvalue weighted by molar-refractivity contribution is 0.0610. The first-order valence-electron chi connectivity index (χ1n) is 10.7. The maximum absolute atomic E-state index is 13.3. The standard InChI is InChI=1S/C25H29N3O2/c1-26(16-14-19-9-4-3-5-10-19)20-11-8-15-28(17-20)25(30)22-18-27(2)23-13-7-6-12-21(23)24(22)29/h3-7,9-10,12-13,18,20H,8,11,14-17H2,1-2H3. The van der Waals surface area contributed by atoms with Gasteiger partial charge in [0.15, 0.2) is 0 Å². The van der Waals surface area contributed by atoms with Crippen LogP contribution in [0.5, 0.6) is 0 Å². The fourth-order valence-corrected chi connectivity index (χ4v) is 4.39. The lowest BCUT2D eigenvalue weighted by Gasteiger charge is -2.37. The SMILES string of the molecule is CN(CCc1ccccc1)C1CCCN(C(=O)c2cn(C)c3ccccc3c2=O)C1. The number of likely N-dealkylation sites (tertiary alicyclic amines) is 1. The highest BCUT2D eigenvalue weighted by molar-refractivity contribution is 5.97. The first-order valence-corrected chi connectivity index (χ1v) is 10.7. The number of carbonyl (C=O) groups excluding carboxylic acids is 1. The highest BCUT2D eigenvalue weighted by Crippen LogP contribution is 2.18. The Hall–Kier alpha value is -2.92. The second-order valence-corrected chi connectivity index (χ2v) is 8.26. The van der Waals surface area contributed by atoms with E-state index < -0.39 is 0 Å². The van der Waals surface area contributed by atoms with Crippen LogP contribution < -0.4 is 5.43 Å². The zero-order valence-corrected chi connectivity index (χ0v) is 17.8. The van der Waals surface area contributed by atoms with Gasteiger partial charge in [0, 0.05) is 44.3 Å². The lowest BCUT2D eigenvalue weighted by atomic mass is 10.0. The number of pyridine rings is 1. The van der Waals surface area contributed by atoms with Crippen molar-refractivity contribution in [1.29, 1.82) is 0 Å². The molecule has 0 spiro atoms. The number of aryl methyl sites for hydroxylation is 1. The van der Waals surface area contributed by atoms with Gasteiger partial charge in [0.25, 0.3) is 5.91 Å². The Bertz CT molecular complexity index is 1090. The van der Waals surface area contributed by atoms with Gasteiger partial charge in [-0.25, -0.2) is 0 Å². The fraction of sp³-hybridized carbons (Fsp3) is 0.360. The number of carbonyl (C=O) groups is 1. The number of likely N-dealkylation sites (N-methyl/N-ethyl adjacent to an activating group) is 1. The molecule has 1 fully saturated rings. The van der Waals surface area contributed by atoms with Crippen LogP contribution in [0.25, 0.3) is 10.9 Å². The van der Waals surface area contributed by atoms with Crippen molar-refractivity contribution < 1.29 is 4.79 Å². The Labute approximate surface area is 177 Å². The minimum atomic E-state index is -0.173. The summed E-state index contributed by atoms with van der Waals surface area (Å²) in [7, 11) is 4.02. The third kappa shape index (κ3) is 4.17. The molecule has 0 N–H and O–H groups in total. The van der Waals surface area contributed by atoms with E-state index in [9.17, 15) is 9.59 Å². The number of hydrogen-bond acceptors (Lipinski definition) is 3. The van der Waals surface area contributed by atoms with Gasteiger partial charge in [-0.2, -0.15) is 0 Å². The van der Waals surface area contributed by atoms with Crippen LogP contribution in [0.1, 0.15) is 28.8 Å². The predicted octanol–water partition coefficient (Wildman–Crippen LogP) is 3.32. The smallest absolute Gasteiger partial charge is 0.259 e. The van der Waals surface area contributed by atoms with Crippen LogP contribution in [0, 0.1) is 0 Å². The maximum Gasteiger partial charge on any atom is 0.259 e. The summed E-state index contributed by atoms with van der Waals surface area (Å²) in [6.07, 6.45) is 4.72. The molecular formula is C25H29N3O2. The molecule has 0 saturated carbocycles. The van der Waals surface area contributed by atoms with E-state index in [1.807, 2.05) is 40.8 Å². The van der Waals surface area contributed by atoms with Crippen LogP contribution in [0.2, 0.25) is 0 Å². The number of amides is 1. The molecule has 2 heterocycles. The van der Waals surface area contributed by atoms with E-state index >= 15 is 0 Å². The van der Waals surface area contributed by atoms with Crippen molar-refractivity contribution in [3.63, 3.8) is 0 Å². The van der Waals surface area contributed by atoms with E-state index in [1.165, 1.54) is 5.56 Å². The summed E-state index contributed by atoms with van der Waals surface area (Å²) in [6, 6.07) is 18.3. The molecule has 2 aromatic carbocycles. The highest BCUT2D eigenvalue weighted by atomic mass is 16.2. The Morgan fingerprint density at radius 1 is 1.10 bits per heavy atom. The molecule has 30 heavy (non-hydrogen) atoms. The number of hydrogen-bond donors (Lipinski definition) is 0. The molecule has 1 atom stereocenters. The molecule has 3 aromatic rings. The van der Waals surface area contributed by atoms with Crippen LogP contribution in [0.4, 0.5) is 0 Å². The normalized spacial score (nSPS) is 16.9. The van der Waals surface area contributed by atoms with Gasteiger partial charge in [0.05, 0.1) is 5.52 Å². The molecule has 1 amide bonds. The third-order valence-corrected chi connectivity index (χ3v) is 6.23. The number of para-hydroxylation sites is 1. The first kappa shape index (κ1) is 20.4. The number of benzene rings is 2. The summed E-state index contributed by atoms with van der Waals surface area (Å²) in [6.45, 7) is 2.33. The van der Waals surface area contributed by atoms with Crippen molar-refractivity contribution in [3.8, 4) is 0 Å². The molecule has 1 aliphatic rings. The predicted molar refractivity (Wildman–Crippen MR) is 121 cm³/mol. The van der Waals surface area contributed by atoms with Gasteiger partial charge >= 0.3 is 0 Å². The summed E-state index contributed by atoms with van der Waals surface area (Å²) in [4.78, 5) is 30.4. The minimum Gasteiger partial charge on any atom is -0.350 e. The van der Waals surface area contributed by atoms with Crippen LogP contribution in [-0.2, 0) is 13.5 Å². The summed E-state index contributed by atoms with van der Waals surface area (Å²) < 4.78 is 1.87. The van der Waals surface area contributed by atoms with E-state index in [1.54, 1.807) is 12.3 Å². The topological polar surface area (TPSA) is 45.5 Å². The van der Waals surface area contributed by atoms with Crippen molar-refractivity contribution in [2.24, 2.45) is 7.05 Å². The van der Waals surface area contributed by atoms with Crippen LogP contribution in [-0.4, -0.2) is 53.0 Å². The van der Waals surface area contributed by atoms with E-state index in [0.29, 0.717) is 24.5 Å². The molecule has 0 bridgehead atoms. The summed E-state index contributed by atoms with van der Waals surface area (Å²) in [5.41, 5.74) is 2.26. The van der Waals surface area contributed by atoms with Crippen LogP contribution in [0.3, 0.4) is 0 Å². The molecular weight excluding hydrogens is 374 g/mol. The lowest BCUT2D eigenvalue weighted by Crippen LogP contribution is -2.49. The molecule has 1 aliphatic heterocycles. The van der Waals surface area contributed by atoms with Gasteiger partial charge < -0.3 is 14.4 Å². The molecule has 5 heteroatoms. The first-order chi connectivity index (χ1) is 14.5. The van der Waals surface area contributed by atoms with Crippen molar-refractivity contribution >= 4 is 16.8 Å². The zero-order chi connectivity index (χ0) is 21.1. The highest BCUT2D eigenvalue weighted by Gasteiger charge is 2.28. The number of aromatic nitrogens is 1. The number of piperidine rings is 1. The Morgan fingerprint density at radius 3 is 2.63 bits per heavy atom. The van der Waals surface area contributed by atoms with Crippen LogP contribution in [0.15, 0.2) is 65.6 Å². The molecule has 1 aromatic heterocycles. The fourth-order valence-electron chi connectivity index (χ4n) is 4.39. The Kier molecular flexibility index (Phi) is 6.00. The molecule has 0 radical (unpaired) electrons. The van der Waals surface area contributed by atoms with Gasteiger partial charge in [-0.3, -0.25) is 9.59 Å². The monoisotopic (exact) mass is 403 g/mol. The molecule has 5 nitrogen and oxygen atoms in total. The van der Waals surface area contributed by atoms with E-state index in [-0.39, 0.29) is 16.9 Å². The van der Waals surface area contributed by atoms with Crippen molar-refractivity contribution in [2.75, 3.05) is 26.7 Å². The van der Waals surface area contributed by atoms with Gasteiger partial charge in [0.2, 0.25) is 5.43 Å². The van der Waals surface area contributed by atoms with Gasteiger partial charge in [-0.15, -0.1) is 0 Å². The second kappa shape index (κ2) is 8.84. The number of rotatable bonds is 5. The largest absolute Gasteiger partial charge is 0.350 e. The second-order valence-electron chi connectivity index (χ2n) is 8.26. The van der Waals surface area contributed by atoms with E-state index in [4.69, 9.17) is 0 Å². The molecule has 1 unspecified atom stereocenters. The Balaban J connectivity index is 1.48. The number of nitrogens with zero attached hydrogens (tertiary/aromatic N) is 3. The summed E-state index contributed by atoms with van der Waals surface area (Å²) in [5, 5.41) is 0.597. The zero-order valence-electron chi connectivity index (χ0n) is 17.8. The molecule has 1 saturated heterocycles. The van der Waals surface area contributed by atoms with Gasteiger partial charge in [-0.1, -0.05) is 42.5 Å². The maximum atomic E-state index is 13.3. The minimum absolute atomic E-state index is 0.150. The molecule has 156 valence electrons. The van der Waals surface area contributed by atoms with Crippen molar-refractivity contribution in [3.05, 3.63) is 82.1 Å². The molecule has 0 aliphatic carbocycles. The van der Waals surface area contributed by atoms with Crippen molar-refractivity contribution in [2.45, 2.75) is 25.3 Å². The average molecular weight is 404 g/mol. The molecule has 4 rings (SSSR count). The number of fused-ring (bicyclic) bond motifs is 1. The average Bonchev–Trinajstić information content (AvgIpc) is 2.80. The van der Waals surface area contributed by atoms with E-state index in [2.05, 4.69) is 36.2 Å². The Morgan fingerprint density at radius 2 is 1.83 bits per heavy atom. The summed E-state index contributed by atoms with van der Waals surface area (Å²) in [5.74, 6) is -0.150. The third-order valence-electron chi connectivity index (χ3n) is 6.23. The van der Waals surface area contributed by atoms with Gasteiger partial charge in [0.1, 0.15) is 5.56 Å². The van der Waals surface area contributed by atoms with Gasteiger partial charge in [-0.05, 0) is 44.0 Å². The van der Waals surface area contributed by atoms with Crippen molar-refractivity contribution in [1.82, 2.24) is 14.4 Å².